The molecule has 18 heavy (non-hydrogen) atoms. The lowest BCUT2D eigenvalue weighted by Crippen LogP contribution is -2.35. The third-order valence-corrected chi connectivity index (χ3v) is 3.53. The summed E-state index contributed by atoms with van der Waals surface area (Å²) in [5.74, 6) is 1.14. The molecule has 0 aromatic carbocycles. The summed E-state index contributed by atoms with van der Waals surface area (Å²) in [6, 6.07) is 0.661. The molecule has 1 rings (SSSR count). The molecule has 4 heteroatoms. The largest absolute Gasteiger partial charge is 0.334 e. The van der Waals surface area contributed by atoms with Crippen LogP contribution in [0.1, 0.15) is 39.4 Å². The number of imidazole rings is 1. The van der Waals surface area contributed by atoms with E-state index in [1.807, 2.05) is 6.20 Å². The maximum atomic E-state index is 4.39. The number of hydrogen-bond acceptors (Lipinski definition) is 3. The average molecular weight is 252 g/mol. The van der Waals surface area contributed by atoms with E-state index >= 15 is 0 Å². The number of nitrogens with zero attached hydrogens (tertiary/aromatic N) is 3. The van der Waals surface area contributed by atoms with Crippen LogP contribution in [0.25, 0.3) is 0 Å². The minimum Gasteiger partial charge on any atom is -0.334 e. The first-order chi connectivity index (χ1) is 8.69. The lowest BCUT2D eigenvalue weighted by molar-refractivity contribution is 0.251. The quantitative estimate of drug-likeness (QED) is 0.683. The predicted molar refractivity (Wildman–Crippen MR) is 76.6 cm³/mol. The SMILES string of the molecule is CCCn1ccnc1CNCCN(C)C(C)CC. The monoisotopic (exact) mass is 252 g/mol. The maximum Gasteiger partial charge on any atom is 0.122 e. The number of rotatable bonds is 9. The maximum absolute atomic E-state index is 4.39. The summed E-state index contributed by atoms with van der Waals surface area (Å²) < 4.78 is 2.23. The van der Waals surface area contributed by atoms with Gasteiger partial charge in [-0.05, 0) is 26.8 Å². The molecule has 1 atom stereocenters. The van der Waals surface area contributed by atoms with Gasteiger partial charge in [-0.1, -0.05) is 13.8 Å². The van der Waals surface area contributed by atoms with E-state index in [4.69, 9.17) is 0 Å². The number of likely N-dealkylation sites (N-methyl/N-ethyl adjacent to an activating group) is 1. The zero-order valence-corrected chi connectivity index (χ0v) is 12.3. The molecule has 0 aliphatic heterocycles. The predicted octanol–water partition coefficient (Wildman–Crippen LogP) is 2.11. The summed E-state index contributed by atoms with van der Waals surface area (Å²) in [5, 5.41) is 3.47. The highest BCUT2D eigenvalue weighted by Gasteiger charge is 2.06. The Morgan fingerprint density at radius 1 is 1.44 bits per heavy atom. The van der Waals surface area contributed by atoms with Crippen LogP contribution in [0.15, 0.2) is 12.4 Å². The first-order valence-electron chi connectivity index (χ1n) is 7.10. The van der Waals surface area contributed by atoms with Crippen molar-refractivity contribution in [3.05, 3.63) is 18.2 Å². The van der Waals surface area contributed by atoms with Crippen molar-refractivity contribution in [1.29, 1.82) is 0 Å². The van der Waals surface area contributed by atoms with Crippen LogP contribution in [-0.2, 0) is 13.1 Å². The molecule has 0 bridgehead atoms. The molecule has 1 aromatic heterocycles. The number of aryl methyl sites for hydroxylation is 1. The van der Waals surface area contributed by atoms with Crippen molar-refractivity contribution < 1.29 is 0 Å². The Labute approximate surface area is 111 Å². The van der Waals surface area contributed by atoms with Crippen molar-refractivity contribution >= 4 is 0 Å². The first-order valence-corrected chi connectivity index (χ1v) is 7.10. The number of hydrogen-bond donors (Lipinski definition) is 1. The van der Waals surface area contributed by atoms with E-state index in [0.717, 1.165) is 38.4 Å². The topological polar surface area (TPSA) is 33.1 Å². The lowest BCUT2D eigenvalue weighted by atomic mass is 10.2. The van der Waals surface area contributed by atoms with Gasteiger partial charge in [0, 0.05) is 38.1 Å². The minimum absolute atomic E-state index is 0.661. The Bertz CT molecular complexity index is 321. The Kier molecular flexibility index (Phi) is 6.98. The Balaban J connectivity index is 2.23. The minimum atomic E-state index is 0.661. The van der Waals surface area contributed by atoms with E-state index in [-0.39, 0.29) is 0 Å². The van der Waals surface area contributed by atoms with Crippen molar-refractivity contribution in [2.75, 3.05) is 20.1 Å². The highest BCUT2D eigenvalue weighted by atomic mass is 15.1. The van der Waals surface area contributed by atoms with Gasteiger partial charge in [0.2, 0.25) is 0 Å². The highest BCUT2D eigenvalue weighted by Crippen LogP contribution is 2.00. The van der Waals surface area contributed by atoms with E-state index < -0.39 is 0 Å². The van der Waals surface area contributed by atoms with Crippen LogP contribution in [0, 0.1) is 0 Å². The van der Waals surface area contributed by atoms with E-state index in [0.29, 0.717) is 6.04 Å². The molecule has 0 amide bonds. The fraction of sp³-hybridized carbons (Fsp3) is 0.786. The molecule has 0 aliphatic rings. The summed E-state index contributed by atoms with van der Waals surface area (Å²) in [6.07, 6.45) is 6.31. The van der Waals surface area contributed by atoms with Crippen molar-refractivity contribution in [2.45, 2.75) is 52.7 Å². The normalized spacial score (nSPS) is 13.2. The van der Waals surface area contributed by atoms with Gasteiger partial charge in [-0.25, -0.2) is 4.98 Å². The van der Waals surface area contributed by atoms with Crippen LogP contribution in [0.2, 0.25) is 0 Å². The summed E-state index contributed by atoms with van der Waals surface area (Å²) in [6.45, 7) is 10.7. The zero-order chi connectivity index (χ0) is 13.4. The standard InChI is InChI=1S/C14H28N4/c1-5-9-18-11-8-16-14(18)12-15-7-10-17(4)13(3)6-2/h8,11,13,15H,5-7,9-10,12H2,1-4H3. The van der Waals surface area contributed by atoms with Crippen LogP contribution in [0.3, 0.4) is 0 Å². The first kappa shape index (κ1) is 15.2. The fourth-order valence-corrected chi connectivity index (χ4v) is 1.94. The Morgan fingerprint density at radius 2 is 2.22 bits per heavy atom. The molecular formula is C14H28N4. The van der Waals surface area contributed by atoms with Crippen molar-refractivity contribution in [3.63, 3.8) is 0 Å². The Hall–Kier alpha value is -0.870. The van der Waals surface area contributed by atoms with Crippen LogP contribution in [0.5, 0.6) is 0 Å². The molecule has 0 spiro atoms. The molecule has 1 heterocycles. The molecule has 1 aromatic rings. The molecule has 0 radical (unpaired) electrons. The second-order valence-electron chi connectivity index (χ2n) is 4.95. The van der Waals surface area contributed by atoms with Crippen LogP contribution in [-0.4, -0.2) is 40.6 Å². The van der Waals surface area contributed by atoms with Gasteiger partial charge >= 0.3 is 0 Å². The molecule has 0 saturated carbocycles. The second-order valence-corrected chi connectivity index (χ2v) is 4.95. The fourth-order valence-electron chi connectivity index (χ4n) is 1.94. The molecule has 0 fully saturated rings. The summed E-state index contributed by atoms with van der Waals surface area (Å²) in [4.78, 5) is 6.78. The summed E-state index contributed by atoms with van der Waals surface area (Å²) in [7, 11) is 2.19. The third-order valence-electron chi connectivity index (χ3n) is 3.53. The van der Waals surface area contributed by atoms with Crippen LogP contribution < -0.4 is 5.32 Å². The molecule has 4 nitrogen and oxygen atoms in total. The van der Waals surface area contributed by atoms with Gasteiger partial charge < -0.3 is 14.8 Å². The van der Waals surface area contributed by atoms with Crippen molar-refractivity contribution in [3.8, 4) is 0 Å². The van der Waals surface area contributed by atoms with E-state index in [9.17, 15) is 0 Å². The average Bonchev–Trinajstić information content (AvgIpc) is 2.81. The van der Waals surface area contributed by atoms with Gasteiger partial charge in [0.25, 0.3) is 0 Å². The van der Waals surface area contributed by atoms with Crippen molar-refractivity contribution in [2.24, 2.45) is 0 Å². The molecular weight excluding hydrogens is 224 g/mol. The van der Waals surface area contributed by atoms with E-state index in [1.165, 1.54) is 6.42 Å². The summed E-state index contributed by atoms with van der Waals surface area (Å²) in [5.41, 5.74) is 0. The Morgan fingerprint density at radius 3 is 2.89 bits per heavy atom. The number of aromatic nitrogens is 2. The third kappa shape index (κ3) is 4.78. The van der Waals surface area contributed by atoms with E-state index in [1.54, 1.807) is 0 Å². The molecule has 0 saturated heterocycles. The van der Waals surface area contributed by atoms with Gasteiger partial charge in [0.15, 0.2) is 0 Å². The van der Waals surface area contributed by atoms with Gasteiger partial charge in [-0.3, -0.25) is 0 Å². The smallest absolute Gasteiger partial charge is 0.122 e. The van der Waals surface area contributed by atoms with Gasteiger partial charge in [0.1, 0.15) is 5.82 Å². The van der Waals surface area contributed by atoms with Crippen LogP contribution in [0.4, 0.5) is 0 Å². The summed E-state index contributed by atoms with van der Waals surface area (Å²) >= 11 is 0. The van der Waals surface area contributed by atoms with Gasteiger partial charge in [0.05, 0.1) is 6.54 Å². The van der Waals surface area contributed by atoms with Gasteiger partial charge in [-0.15, -0.1) is 0 Å². The lowest BCUT2D eigenvalue weighted by Gasteiger charge is -2.23. The highest BCUT2D eigenvalue weighted by molar-refractivity contribution is 4.91. The second kappa shape index (κ2) is 8.27. The van der Waals surface area contributed by atoms with E-state index in [2.05, 4.69) is 53.8 Å². The molecule has 0 aliphatic carbocycles. The molecule has 1 N–H and O–H groups in total. The van der Waals surface area contributed by atoms with Crippen molar-refractivity contribution in [1.82, 2.24) is 19.8 Å². The number of nitrogens with one attached hydrogen (secondary N) is 1. The van der Waals surface area contributed by atoms with Crippen LogP contribution >= 0.6 is 0 Å². The van der Waals surface area contributed by atoms with Gasteiger partial charge in [-0.2, -0.15) is 0 Å². The molecule has 104 valence electrons. The molecule has 1 unspecified atom stereocenters. The zero-order valence-electron chi connectivity index (χ0n) is 12.3.